The highest BCUT2D eigenvalue weighted by atomic mass is 16.5. The van der Waals surface area contributed by atoms with Gasteiger partial charge in [-0.05, 0) is 31.6 Å². The Bertz CT molecular complexity index is 554. The van der Waals surface area contributed by atoms with Crippen LogP contribution in [-0.4, -0.2) is 23.5 Å². The lowest BCUT2D eigenvalue weighted by atomic mass is 9.83. The van der Waals surface area contributed by atoms with Gasteiger partial charge in [0.1, 0.15) is 0 Å². The fourth-order valence-corrected chi connectivity index (χ4v) is 4.02. The van der Waals surface area contributed by atoms with Crippen LogP contribution in [0.1, 0.15) is 37.5 Å². The molecular formula is C18H21NO2. The van der Waals surface area contributed by atoms with E-state index < -0.39 is 0 Å². The Kier molecular flexibility index (Phi) is 3.30. The van der Waals surface area contributed by atoms with Crippen LogP contribution >= 0.6 is 0 Å². The molecule has 3 nitrogen and oxygen atoms in total. The van der Waals surface area contributed by atoms with Crippen LogP contribution in [0.15, 0.2) is 42.5 Å². The summed E-state index contributed by atoms with van der Waals surface area (Å²) in [5.41, 5.74) is 1.09. The summed E-state index contributed by atoms with van der Waals surface area (Å²) in [5.74, 6) is 0.901. The highest BCUT2D eigenvalue weighted by Crippen LogP contribution is 2.43. The summed E-state index contributed by atoms with van der Waals surface area (Å²) in [6.45, 7) is 0.679. The quantitative estimate of drug-likeness (QED) is 0.779. The number of benzene rings is 1. The van der Waals surface area contributed by atoms with E-state index in [-0.39, 0.29) is 18.2 Å². The second-order valence-corrected chi connectivity index (χ2v) is 6.36. The molecule has 3 aliphatic rings. The number of nitrogens with zero attached hydrogens (tertiary/aromatic N) is 1. The molecule has 2 heterocycles. The maximum atomic E-state index is 12.9. The predicted molar refractivity (Wildman–Crippen MR) is 80.4 cm³/mol. The van der Waals surface area contributed by atoms with Crippen molar-refractivity contribution >= 4 is 5.91 Å². The molecule has 110 valence electrons. The van der Waals surface area contributed by atoms with Gasteiger partial charge in [-0.15, -0.1) is 0 Å². The zero-order valence-electron chi connectivity index (χ0n) is 12.2. The lowest BCUT2D eigenvalue weighted by molar-refractivity contribution is -0.138. The van der Waals surface area contributed by atoms with E-state index in [0.717, 1.165) is 18.4 Å². The first-order valence-electron chi connectivity index (χ1n) is 8.00. The van der Waals surface area contributed by atoms with E-state index in [1.165, 1.54) is 12.8 Å². The Balaban J connectivity index is 1.57. The Hall–Kier alpha value is -1.61. The number of rotatable bonds is 2. The van der Waals surface area contributed by atoms with Crippen molar-refractivity contribution in [1.82, 2.24) is 4.90 Å². The van der Waals surface area contributed by atoms with Gasteiger partial charge in [-0.2, -0.15) is 0 Å². The Labute approximate surface area is 125 Å². The van der Waals surface area contributed by atoms with Gasteiger partial charge >= 0.3 is 0 Å². The van der Waals surface area contributed by atoms with E-state index in [4.69, 9.17) is 4.74 Å². The van der Waals surface area contributed by atoms with Crippen LogP contribution in [0, 0.1) is 11.8 Å². The van der Waals surface area contributed by atoms with Gasteiger partial charge < -0.3 is 9.64 Å². The number of ether oxygens (including phenoxy) is 1. The molecule has 3 unspecified atom stereocenters. The molecular weight excluding hydrogens is 262 g/mol. The van der Waals surface area contributed by atoms with Gasteiger partial charge in [0.15, 0.2) is 6.23 Å². The van der Waals surface area contributed by atoms with E-state index in [0.29, 0.717) is 18.4 Å². The summed E-state index contributed by atoms with van der Waals surface area (Å²) in [4.78, 5) is 14.9. The van der Waals surface area contributed by atoms with Gasteiger partial charge in [0.05, 0.1) is 12.6 Å². The molecule has 0 spiro atoms. The highest BCUT2D eigenvalue weighted by Gasteiger charge is 2.49. The number of hydrogen-bond donors (Lipinski definition) is 0. The molecule has 2 saturated heterocycles. The molecule has 3 heteroatoms. The lowest BCUT2D eigenvalue weighted by Crippen LogP contribution is -2.33. The van der Waals surface area contributed by atoms with Crippen LogP contribution in [0.4, 0.5) is 0 Å². The molecule has 21 heavy (non-hydrogen) atoms. The van der Waals surface area contributed by atoms with Crippen LogP contribution in [0.3, 0.4) is 0 Å². The first-order chi connectivity index (χ1) is 10.3. The molecule has 1 amide bonds. The van der Waals surface area contributed by atoms with E-state index in [1.807, 2.05) is 35.2 Å². The minimum Gasteiger partial charge on any atom is -0.352 e. The molecule has 0 saturated carbocycles. The van der Waals surface area contributed by atoms with Crippen molar-refractivity contribution in [2.75, 3.05) is 6.61 Å². The summed E-state index contributed by atoms with van der Waals surface area (Å²) in [5, 5.41) is 0. The molecule has 1 aromatic rings. The average Bonchev–Trinajstić information content (AvgIpc) is 3.10. The molecule has 0 N–H and O–H groups in total. The van der Waals surface area contributed by atoms with Gasteiger partial charge in [0.25, 0.3) is 0 Å². The van der Waals surface area contributed by atoms with Crippen LogP contribution in [0.5, 0.6) is 0 Å². The van der Waals surface area contributed by atoms with Crippen LogP contribution < -0.4 is 0 Å². The number of allylic oxidation sites excluding steroid dienone is 2. The van der Waals surface area contributed by atoms with E-state index in [9.17, 15) is 4.79 Å². The average molecular weight is 283 g/mol. The predicted octanol–water partition coefficient (Wildman–Crippen LogP) is 3.29. The van der Waals surface area contributed by atoms with Crippen molar-refractivity contribution in [2.45, 2.75) is 38.0 Å². The SMILES string of the molecule is O=C1C(C2C=CCCC2)CC2CO[C@H](c3ccccc3)N12. The van der Waals surface area contributed by atoms with Crippen molar-refractivity contribution in [3.8, 4) is 0 Å². The molecule has 1 aromatic carbocycles. The summed E-state index contributed by atoms with van der Waals surface area (Å²) in [7, 11) is 0. The summed E-state index contributed by atoms with van der Waals surface area (Å²) in [6, 6.07) is 10.4. The number of hydrogen-bond acceptors (Lipinski definition) is 2. The summed E-state index contributed by atoms with van der Waals surface area (Å²) < 4.78 is 5.90. The zero-order chi connectivity index (χ0) is 14.2. The second kappa shape index (κ2) is 5.30. The van der Waals surface area contributed by atoms with Gasteiger partial charge in [-0.1, -0.05) is 42.5 Å². The number of carbonyl (C=O) groups excluding carboxylic acids is 1. The third kappa shape index (κ3) is 2.20. The zero-order valence-corrected chi connectivity index (χ0v) is 12.2. The number of carbonyl (C=O) groups is 1. The second-order valence-electron chi connectivity index (χ2n) is 6.36. The normalized spacial score (nSPS) is 35.2. The first-order valence-corrected chi connectivity index (χ1v) is 8.00. The molecule has 4 atom stereocenters. The van der Waals surface area contributed by atoms with Crippen LogP contribution in [0.25, 0.3) is 0 Å². The maximum absolute atomic E-state index is 12.9. The Morgan fingerprint density at radius 3 is 2.81 bits per heavy atom. The molecule has 0 bridgehead atoms. The highest BCUT2D eigenvalue weighted by molar-refractivity contribution is 5.82. The Morgan fingerprint density at radius 1 is 1.19 bits per heavy atom. The van der Waals surface area contributed by atoms with Crippen molar-refractivity contribution in [2.24, 2.45) is 11.8 Å². The van der Waals surface area contributed by atoms with Gasteiger partial charge in [0.2, 0.25) is 5.91 Å². The molecule has 4 rings (SSSR count). The topological polar surface area (TPSA) is 29.5 Å². The fraction of sp³-hybridized carbons (Fsp3) is 0.500. The minimum absolute atomic E-state index is 0.168. The Morgan fingerprint density at radius 2 is 2.05 bits per heavy atom. The smallest absolute Gasteiger partial charge is 0.228 e. The largest absolute Gasteiger partial charge is 0.352 e. The van der Waals surface area contributed by atoms with E-state index in [1.54, 1.807) is 0 Å². The number of fused-ring (bicyclic) bond motifs is 1. The number of amides is 1. The van der Waals surface area contributed by atoms with E-state index in [2.05, 4.69) is 12.2 Å². The van der Waals surface area contributed by atoms with Crippen molar-refractivity contribution in [3.05, 3.63) is 48.0 Å². The monoisotopic (exact) mass is 283 g/mol. The first kappa shape index (κ1) is 13.1. The maximum Gasteiger partial charge on any atom is 0.228 e. The van der Waals surface area contributed by atoms with Crippen molar-refractivity contribution < 1.29 is 9.53 Å². The molecule has 0 radical (unpaired) electrons. The third-order valence-electron chi connectivity index (χ3n) is 5.08. The molecule has 1 aliphatic carbocycles. The summed E-state index contributed by atoms with van der Waals surface area (Å²) in [6.07, 6.45) is 8.83. The van der Waals surface area contributed by atoms with Crippen molar-refractivity contribution in [1.29, 1.82) is 0 Å². The van der Waals surface area contributed by atoms with Gasteiger partial charge in [-0.3, -0.25) is 4.79 Å². The minimum atomic E-state index is -0.179. The fourth-order valence-electron chi connectivity index (χ4n) is 4.02. The van der Waals surface area contributed by atoms with E-state index >= 15 is 0 Å². The molecule has 0 aromatic heterocycles. The van der Waals surface area contributed by atoms with Crippen molar-refractivity contribution in [3.63, 3.8) is 0 Å². The van der Waals surface area contributed by atoms with Gasteiger partial charge in [-0.25, -0.2) is 0 Å². The lowest BCUT2D eigenvalue weighted by Gasteiger charge is -2.25. The molecule has 2 fully saturated rings. The summed E-state index contributed by atoms with van der Waals surface area (Å²) >= 11 is 0. The molecule has 2 aliphatic heterocycles. The van der Waals surface area contributed by atoms with Gasteiger partial charge in [0, 0.05) is 11.5 Å². The van der Waals surface area contributed by atoms with Crippen LogP contribution in [0.2, 0.25) is 0 Å². The standard InChI is InChI=1S/C18H21NO2/c20-17-16(13-7-3-1-4-8-13)11-15-12-21-18(19(15)17)14-9-5-2-6-10-14/h2-3,5-7,9-10,13,15-16,18H,1,4,8,11-12H2/t13?,15?,16?,18-/m1/s1. The van der Waals surface area contributed by atoms with Crippen LogP contribution in [-0.2, 0) is 9.53 Å². The third-order valence-corrected chi connectivity index (χ3v) is 5.08.